The van der Waals surface area contributed by atoms with Crippen LogP contribution in [-0.2, 0) is 6.42 Å². The molecule has 0 amide bonds. The summed E-state index contributed by atoms with van der Waals surface area (Å²) >= 11 is 0. The van der Waals surface area contributed by atoms with E-state index in [9.17, 15) is 9.59 Å². The van der Waals surface area contributed by atoms with Crippen LogP contribution in [0, 0.1) is 5.41 Å². The van der Waals surface area contributed by atoms with Gasteiger partial charge >= 0.3 is 5.63 Å². The molecule has 22 heavy (non-hydrogen) atoms. The number of carbonyl (C=O) groups excluding carboxylic acids is 1. The monoisotopic (exact) mass is 292 g/mol. The Kier molecular flexibility index (Phi) is 2.59. The predicted molar refractivity (Wildman–Crippen MR) is 86.4 cm³/mol. The highest BCUT2D eigenvalue weighted by Gasteiger charge is 2.34. The zero-order valence-corrected chi connectivity index (χ0v) is 12.6. The molecule has 4 rings (SSSR count). The number of hydrogen-bond acceptors (Lipinski definition) is 3. The third kappa shape index (κ3) is 1.89. The minimum Gasteiger partial charge on any atom is -0.427 e. The van der Waals surface area contributed by atoms with Gasteiger partial charge in [-0.3, -0.25) is 4.79 Å². The first-order valence-corrected chi connectivity index (χ1v) is 7.46. The van der Waals surface area contributed by atoms with E-state index >= 15 is 0 Å². The number of Topliss-reactive ketones (excluding diaryl/α,β-unsaturated/α-hetero) is 1. The maximum Gasteiger partial charge on any atom is 0.343 e. The van der Waals surface area contributed by atoms with Crippen LogP contribution in [-0.4, -0.2) is 5.78 Å². The van der Waals surface area contributed by atoms with Crippen molar-refractivity contribution in [1.82, 2.24) is 0 Å². The van der Waals surface area contributed by atoms with Crippen LogP contribution in [0.4, 0.5) is 0 Å². The normalized spacial score (nSPS) is 16.9. The van der Waals surface area contributed by atoms with Crippen LogP contribution in [0.1, 0.15) is 36.4 Å². The lowest BCUT2D eigenvalue weighted by atomic mass is 9.75. The fourth-order valence-corrected chi connectivity index (χ4v) is 3.43. The molecule has 1 heterocycles. The summed E-state index contributed by atoms with van der Waals surface area (Å²) < 4.78 is 5.49. The van der Waals surface area contributed by atoms with Crippen molar-refractivity contribution in [3.05, 3.63) is 58.1 Å². The quantitative estimate of drug-likeness (QED) is 0.586. The van der Waals surface area contributed by atoms with Gasteiger partial charge in [0, 0.05) is 18.2 Å². The summed E-state index contributed by atoms with van der Waals surface area (Å²) in [5, 5.41) is 3.22. The molecule has 0 radical (unpaired) electrons. The van der Waals surface area contributed by atoms with E-state index in [0.717, 1.165) is 16.2 Å². The summed E-state index contributed by atoms with van der Waals surface area (Å²) in [6.07, 6.45) is 1.10. The van der Waals surface area contributed by atoms with Gasteiger partial charge in [0.2, 0.25) is 0 Å². The summed E-state index contributed by atoms with van der Waals surface area (Å²) in [6, 6.07) is 11.6. The van der Waals surface area contributed by atoms with Gasteiger partial charge in [-0.1, -0.05) is 38.1 Å². The van der Waals surface area contributed by atoms with Crippen molar-refractivity contribution >= 4 is 27.3 Å². The lowest BCUT2D eigenvalue weighted by molar-refractivity contribution is 0.0900. The molecule has 0 saturated carbocycles. The van der Waals surface area contributed by atoms with Crippen molar-refractivity contribution < 1.29 is 9.21 Å². The summed E-state index contributed by atoms with van der Waals surface area (Å²) in [5.74, 6) is 0.601. The summed E-state index contributed by atoms with van der Waals surface area (Å²) in [6.45, 7) is 4.05. The van der Waals surface area contributed by atoms with Crippen molar-refractivity contribution in [2.24, 2.45) is 5.41 Å². The van der Waals surface area contributed by atoms with Gasteiger partial charge in [-0.15, -0.1) is 0 Å². The molecule has 0 atom stereocenters. The number of ketones is 1. The minimum absolute atomic E-state index is 0.0651. The fraction of sp³-hybridized carbons (Fsp3) is 0.263. The molecule has 1 aliphatic carbocycles. The van der Waals surface area contributed by atoms with Gasteiger partial charge in [-0.05, 0) is 28.3 Å². The van der Waals surface area contributed by atoms with Crippen LogP contribution in [0.5, 0.6) is 0 Å². The molecule has 2 aromatic carbocycles. The van der Waals surface area contributed by atoms with E-state index in [1.54, 1.807) is 0 Å². The maximum absolute atomic E-state index is 12.6. The van der Waals surface area contributed by atoms with Crippen LogP contribution in [0.2, 0.25) is 0 Å². The third-order valence-electron chi connectivity index (χ3n) is 4.43. The second-order valence-corrected chi connectivity index (χ2v) is 6.87. The highest BCUT2D eigenvalue weighted by Crippen LogP contribution is 2.37. The van der Waals surface area contributed by atoms with Gasteiger partial charge in [0.05, 0.1) is 10.9 Å². The molecule has 3 nitrogen and oxygen atoms in total. The lowest BCUT2D eigenvalue weighted by Crippen LogP contribution is -2.28. The Morgan fingerprint density at radius 1 is 0.955 bits per heavy atom. The van der Waals surface area contributed by atoms with Gasteiger partial charge in [0.1, 0.15) is 5.76 Å². The molecule has 0 unspecified atom stereocenters. The van der Waals surface area contributed by atoms with E-state index in [1.807, 2.05) is 50.2 Å². The largest absolute Gasteiger partial charge is 0.427 e. The van der Waals surface area contributed by atoms with E-state index in [2.05, 4.69) is 0 Å². The fourth-order valence-electron chi connectivity index (χ4n) is 3.43. The highest BCUT2D eigenvalue weighted by atomic mass is 16.4. The Bertz CT molecular complexity index is 993. The van der Waals surface area contributed by atoms with Crippen LogP contribution < -0.4 is 5.63 Å². The van der Waals surface area contributed by atoms with Crippen LogP contribution in [0.25, 0.3) is 21.5 Å². The van der Waals surface area contributed by atoms with Crippen molar-refractivity contribution in [3.8, 4) is 0 Å². The number of rotatable bonds is 0. The molecule has 0 aliphatic heterocycles. The predicted octanol–water partition coefficient (Wildman–Crippen LogP) is 4.10. The third-order valence-corrected chi connectivity index (χ3v) is 4.43. The summed E-state index contributed by atoms with van der Waals surface area (Å²) in [4.78, 5) is 24.9. The molecule has 1 aromatic heterocycles. The van der Waals surface area contributed by atoms with Crippen LogP contribution >= 0.6 is 0 Å². The Labute approximate surface area is 127 Å². The average Bonchev–Trinajstić information content (AvgIpc) is 2.44. The van der Waals surface area contributed by atoms with Gasteiger partial charge in [-0.25, -0.2) is 4.79 Å². The smallest absolute Gasteiger partial charge is 0.343 e. The molecule has 0 bridgehead atoms. The summed E-state index contributed by atoms with van der Waals surface area (Å²) in [5.41, 5.74) is 0.0783. The van der Waals surface area contributed by atoms with E-state index < -0.39 is 0 Å². The van der Waals surface area contributed by atoms with E-state index in [1.165, 1.54) is 0 Å². The topological polar surface area (TPSA) is 47.3 Å². The van der Waals surface area contributed by atoms with Crippen molar-refractivity contribution in [2.75, 3.05) is 0 Å². The molecule has 3 aromatic rings. The first-order chi connectivity index (χ1) is 10.4. The van der Waals surface area contributed by atoms with Crippen molar-refractivity contribution in [3.63, 3.8) is 0 Å². The number of hydrogen-bond donors (Lipinski definition) is 0. The van der Waals surface area contributed by atoms with Crippen molar-refractivity contribution in [2.45, 2.75) is 26.7 Å². The molecule has 110 valence electrons. The zero-order chi connectivity index (χ0) is 15.5. The lowest BCUT2D eigenvalue weighted by Gasteiger charge is -2.29. The van der Waals surface area contributed by atoms with Gasteiger partial charge in [0.15, 0.2) is 5.78 Å². The number of benzene rings is 2. The standard InChI is InChI=1S/C19H16O3/c1-19(2)9-15(20)17-13-7-11-5-3-4-6-12(11)8-14(13)18(21)22-16(17)10-19/h3-8H,9-10H2,1-2H3. The molecular weight excluding hydrogens is 276 g/mol. The van der Waals surface area contributed by atoms with E-state index in [4.69, 9.17) is 4.42 Å². The van der Waals surface area contributed by atoms with E-state index in [0.29, 0.717) is 29.6 Å². The molecule has 0 fully saturated rings. The molecule has 0 spiro atoms. The Balaban J connectivity index is 2.15. The molecule has 3 heteroatoms. The Morgan fingerprint density at radius 3 is 2.27 bits per heavy atom. The molecular formula is C19H16O3. The van der Waals surface area contributed by atoms with Crippen LogP contribution in [0.15, 0.2) is 45.6 Å². The van der Waals surface area contributed by atoms with Gasteiger partial charge in [-0.2, -0.15) is 0 Å². The second kappa shape index (κ2) is 4.29. The Morgan fingerprint density at radius 2 is 1.59 bits per heavy atom. The minimum atomic E-state index is -0.356. The maximum atomic E-state index is 12.6. The Hall–Kier alpha value is -2.42. The van der Waals surface area contributed by atoms with Gasteiger partial charge < -0.3 is 4.42 Å². The molecule has 0 saturated heterocycles. The first kappa shape index (κ1) is 13.3. The second-order valence-electron chi connectivity index (χ2n) is 6.87. The average molecular weight is 292 g/mol. The number of fused-ring (bicyclic) bond motifs is 4. The number of carbonyl (C=O) groups is 1. The molecule has 1 aliphatic rings. The van der Waals surface area contributed by atoms with Gasteiger partial charge in [0.25, 0.3) is 0 Å². The molecule has 0 N–H and O–H groups in total. The first-order valence-electron chi connectivity index (χ1n) is 7.46. The highest BCUT2D eigenvalue weighted by molar-refractivity contribution is 6.12. The van der Waals surface area contributed by atoms with E-state index in [-0.39, 0.29) is 16.8 Å². The summed E-state index contributed by atoms with van der Waals surface area (Å²) in [7, 11) is 0. The van der Waals surface area contributed by atoms with Crippen LogP contribution in [0.3, 0.4) is 0 Å². The SMILES string of the molecule is CC1(C)CC(=O)c2c(oc(=O)c3cc4ccccc4cc23)C1. The zero-order valence-electron chi connectivity index (χ0n) is 12.6. The van der Waals surface area contributed by atoms with Crippen molar-refractivity contribution in [1.29, 1.82) is 0 Å².